The Kier molecular flexibility index (Phi) is 3.72. The molecule has 3 nitrogen and oxygen atoms in total. The zero-order valence-electron chi connectivity index (χ0n) is 10.7. The molecule has 0 bridgehead atoms. The van der Waals surface area contributed by atoms with E-state index < -0.39 is 5.60 Å². The molecule has 1 unspecified atom stereocenters. The van der Waals surface area contributed by atoms with Gasteiger partial charge in [0.15, 0.2) is 0 Å². The topological polar surface area (TPSA) is 42.6 Å². The summed E-state index contributed by atoms with van der Waals surface area (Å²) in [6, 6.07) is 9.26. The summed E-state index contributed by atoms with van der Waals surface area (Å²) in [6.45, 7) is 4.52. The van der Waals surface area contributed by atoms with Gasteiger partial charge >= 0.3 is 0 Å². The van der Waals surface area contributed by atoms with E-state index in [9.17, 15) is 5.11 Å². The summed E-state index contributed by atoms with van der Waals surface area (Å²) in [5.41, 5.74) is 0.508. The first-order valence-corrected chi connectivity index (χ1v) is 6.13. The molecule has 1 atom stereocenters. The van der Waals surface area contributed by atoms with Crippen molar-refractivity contribution in [1.29, 1.82) is 0 Å². The van der Waals surface area contributed by atoms with Crippen molar-refractivity contribution in [3.8, 4) is 5.75 Å². The minimum Gasteiger partial charge on any atom is -0.494 e. The fraction of sp³-hybridized carbons (Fsp3) is 0.333. The van der Waals surface area contributed by atoms with Gasteiger partial charge in [0.2, 0.25) is 0 Å². The van der Waals surface area contributed by atoms with E-state index in [0.29, 0.717) is 6.61 Å². The summed E-state index contributed by atoms with van der Waals surface area (Å²) < 4.78 is 10.5. The zero-order chi connectivity index (χ0) is 13.0. The maximum absolute atomic E-state index is 10.5. The number of ether oxygens (including phenoxy) is 1. The highest BCUT2D eigenvalue weighted by Crippen LogP contribution is 2.30. The van der Waals surface area contributed by atoms with E-state index in [1.54, 1.807) is 25.5 Å². The van der Waals surface area contributed by atoms with E-state index in [4.69, 9.17) is 9.15 Å². The van der Waals surface area contributed by atoms with Crippen molar-refractivity contribution in [2.45, 2.75) is 25.9 Å². The van der Waals surface area contributed by atoms with Crippen molar-refractivity contribution < 1.29 is 14.3 Å². The van der Waals surface area contributed by atoms with Crippen LogP contribution in [0.3, 0.4) is 0 Å². The van der Waals surface area contributed by atoms with Gasteiger partial charge in [0, 0.05) is 5.56 Å². The Morgan fingerprint density at radius 3 is 2.44 bits per heavy atom. The Hall–Kier alpha value is -1.74. The molecule has 18 heavy (non-hydrogen) atoms. The Bertz CT molecular complexity index is 469. The molecule has 1 aromatic heterocycles. The van der Waals surface area contributed by atoms with Crippen molar-refractivity contribution in [2.24, 2.45) is 0 Å². The van der Waals surface area contributed by atoms with Crippen LogP contribution < -0.4 is 4.74 Å². The molecule has 0 aliphatic rings. The number of rotatable bonds is 5. The van der Waals surface area contributed by atoms with Gasteiger partial charge in [-0.25, -0.2) is 0 Å². The summed E-state index contributed by atoms with van der Waals surface area (Å²) in [4.78, 5) is 0. The molecule has 0 radical (unpaired) electrons. The van der Waals surface area contributed by atoms with Gasteiger partial charge in [-0.15, -0.1) is 0 Å². The lowest BCUT2D eigenvalue weighted by atomic mass is 9.90. The van der Waals surface area contributed by atoms with Crippen LogP contribution in [-0.4, -0.2) is 11.7 Å². The number of furan rings is 1. The highest BCUT2D eigenvalue weighted by Gasteiger charge is 2.26. The first-order chi connectivity index (χ1) is 8.64. The highest BCUT2D eigenvalue weighted by molar-refractivity contribution is 5.36. The van der Waals surface area contributed by atoms with Crippen LogP contribution in [0, 0.1) is 0 Å². The van der Waals surface area contributed by atoms with Crippen molar-refractivity contribution in [3.05, 3.63) is 54.0 Å². The Morgan fingerprint density at radius 1 is 1.17 bits per heavy atom. The summed E-state index contributed by atoms with van der Waals surface area (Å²) in [6.07, 6.45) is 4.10. The highest BCUT2D eigenvalue weighted by atomic mass is 16.5. The first kappa shape index (κ1) is 12.7. The largest absolute Gasteiger partial charge is 0.494 e. The van der Waals surface area contributed by atoms with Gasteiger partial charge in [-0.1, -0.05) is 19.1 Å². The molecule has 1 heterocycles. The van der Waals surface area contributed by atoms with Crippen molar-refractivity contribution in [3.63, 3.8) is 0 Å². The third-order valence-corrected chi connectivity index (χ3v) is 2.97. The lowest BCUT2D eigenvalue weighted by Gasteiger charge is -2.22. The SMILES string of the molecule is CCCOc1ccc(C(C)(O)c2ccoc2)cc1. The summed E-state index contributed by atoms with van der Waals surface area (Å²) in [5.74, 6) is 0.823. The van der Waals surface area contributed by atoms with Gasteiger partial charge in [0.25, 0.3) is 0 Å². The van der Waals surface area contributed by atoms with Crippen LogP contribution in [0.15, 0.2) is 47.3 Å². The smallest absolute Gasteiger partial charge is 0.119 e. The molecule has 1 N–H and O–H groups in total. The van der Waals surface area contributed by atoms with E-state index in [1.165, 1.54) is 0 Å². The molecule has 0 spiro atoms. The standard InChI is InChI=1S/C15H18O3/c1-3-9-18-14-6-4-12(5-7-14)15(2,16)13-8-10-17-11-13/h4-8,10-11,16H,3,9H2,1-2H3. The van der Waals surface area contributed by atoms with Gasteiger partial charge < -0.3 is 14.3 Å². The lowest BCUT2D eigenvalue weighted by molar-refractivity contribution is 0.101. The average Bonchev–Trinajstić information content (AvgIpc) is 2.91. The van der Waals surface area contributed by atoms with Gasteiger partial charge in [-0.3, -0.25) is 0 Å². The fourth-order valence-corrected chi connectivity index (χ4v) is 1.80. The molecule has 0 amide bonds. The van der Waals surface area contributed by atoms with Crippen LogP contribution in [0.25, 0.3) is 0 Å². The molecule has 96 valence electrons. The lowest BCUT2D eigenvalue weighted by Crippen LogP contribution is -2.21. The molecule has 0 saturated carbocycles. The van der Waals surface area contributed by atoms with Gasteiger partial charge in [-0.05, 0) is 37.1 Å². The third-order valence-electron chi connectivity index (χ3n) is 2.97. The predicted octanol–water partition coefficient (Wildman–Crippen LogP) is 3.32. The molecule has 0 saturated heterocycles. The van der Waals surface area contributed by atoms with Gasteiger partial charge in [0.05, 0.1) is 19.1 Å². The molecular formula is C15H18O3. The van der Waals surface area contributed by atoms with Crippen LogP contribution in [0.5, 0.6) is 5.75 Å². The zero-order valence-corrected chi connectivity index (χ0v) is 10.7. The minimum absolute atomic E-state index is 0.706. The van der Waals surface area contributed by atoms with Crippen LogP contribution in [-0.2, 0) is 5.60 Å². The molecule has 0 fully saturated rings. The van der Waals surface area contributed by atoms with Crippen molar-refractivity contribution in [1.82, 2.24) is 0 Å². The van der Waals surface area contributed by atoms with Crippen LogP contribution >= 0.6 is 0 Å². The quantitative estimate of drug-likeness (QED) is 0.880. The van der Waals surface area contributed by atoms with Crippen LogP contribution in [0.2, 0.25) is 0 Å². The third kappa shape index (κ3) is 2.57. The maximum Gasteiger partial charge on any atom is 0.119 e. The predicted molar refractivity (Wildman–Crippen MR) is 69.6 cm³/mol. The Balaban J connectivity index is 2.18. The summed E-state index contributed by atoms with van der Waals surface area (Å²) >= 11 is 0. The molecule has 2 aromatic rings. The molecule has 0 aliphatic carbocycles. The van der Waals surface area contributed by atoms with Crippen molar-refractivity contribution >= 4 is 0 Å². The maximum atomic E-state index is 10.5. The van der Waals surface area contributed by atoms with Crippen molar-refractivity contribution in [2.75, 3.05) is 6.61 Å². The summed E-state index contributed by atoms with van der Waals surface area (Å²) in [7, 11) is 0. The first-order valence-electron chi connectivity index (χ1n) is 6.13. The molecule has 1 aromatic carbocycles. The van der Waals surface area contributed by atoms with Gasteiger partial charge in [0.1, 0.15) is 11.4 Å². The molecule has 0 aliphatic heterocycles. The molecule has 2 rings (SSSR count). The molecule has 3 heteroatoms. The second-order valence-electron chi connectivity index (χ2n) is 4.46. The number of hydrogen-bond donors (Lipinski definition) is 1. The van der Waals surface area contributed by atoms with E-state index in [0.717, 1.165) is 23.3 Å². The monoisotopic (exact) mass is 246 g/mol. The van der Waals surface area contributed by atoms with E-state index >= 15 is 0 Å². The second-order valence-corrected chi connectivity index (χ2v) is 4.46. The van der Waals surface area contributed by atoms with Gasteiger partial charge in [-0.2, -0.15) is 0 Å². The normalized spacial score (nSPS) is 14.2. The fourth-order valence-electron chi connectivity index (χ4n) is 1.80. The van der Waals surface area contributed by atoms with Crippen LogP contribution in [0.4, 0.5) is 0 Å². The number of hydrogen-bond acceptors (Lipinski definition) is 3. The Labute approximate surface area is 107 Å². The average molecular weight is 246 g/mol. The number of aliphatic hydroxyl groups is 1. The molecular weight excluding hydrogens is 228 g/mol. The van der Waals surface area contributed by atoms with E-state index in [2.05, 4.69) is 6.92 Å². The Morgan fingerprint density at radius 2 is 1.89 bits per heavy atom. The second kappa shape index (κ2) is 5.27. The summed E-state index contributed by atoms with van der Waals surface area (Å²) in [5, 5.41) is 10.5. The number of benzene rings is 1. The van der Waals surface area contributed by atoms with E-state index in [-0.39, 0.29) is 0 Å². The van der Waals surface area contributed by atoms with Crippen LogP contribution in [0.1, 0.15) is 31.4 Å². The van der Waals surface area contributed by atoms with E-state index in [1.807, 2.05) is 24.3 Å². The minimum atomic E-state index is -1.05.